The van der Waals surface area contributed by atoms with E-state index in [9.17, 15) is 43.2 Å². The Hall–Kier alpha value is -3.76. The summed E-state index contributed by atoms with van der Waals surface area (Å²) in [7, 11) is -9.96. The number of carbonyl (C=O) groups excluding carboxylic acids is 4. The molecule has 0 saturated heterocycles. The molecule has 0 saturated carbocycles. The van der Waals surface area contributed by atoms with Gasteiger partial charge in [0.05, 0.1) is 26.4 Å². The lowest BCUT2D eigenvalue weighted by Crippen LogP contribution is -2.30. The minimum atomic E-state index is -4.98. The van der Waals surface area contributed by atoms with Crippen LogP contribution in [0.3, 0.4) is 0 Å². The van der Waals surface area contributed by atoms with E-state index in [1.807, 2.05) is 0 Å². The molecule has 0 heterocycles. The second-order valence-electron chi connectivity index (χ2n) is 26.0. The molecular weight excluding hydrogens is 1280 g/mol. The summed E-state index contributed by atoms with van der Waals surface area (Å²) in [4.78, 5) is 72.9. The molecule has 0 radical (unpaired) electrons. The van der Waals surface area contributed by atoms with E-state index in [1.54, 1.807) is 0 Å². The van der Waals surface area contributed by atoms with Crippen LogP contribution in [0.2, 0.25) is 0 Å². The number of rotatable bonds is 73. The van der Waals surface area contributed by atoms with Crippen LogP contribution in [-0.4, -0.2) is 96.7 Å². The maximum absolute atomic E-state index is 13.1. The van der Waals surface area contributed by atoms with E-state index in [4.69, 9.17) is 37.0 Å². The van der Waals surface area contributed by atoms with E-state index in [0.717, 1.165) is 154 Å². The highest BCUT2D eigenvalue weighted by molar-refractivity contribution is 7.47. The standard InChI is InChI=1S/C79H140O17P2/c1-5-9-13-17-21-25-29-33-36-40-44-48-52-56-60-64-77(82)90-70-75(96-79(84)66-62-58-54-50-46-42-38-35-31-27-23-19-15-11-7-3)72-94-98(87,88)92-68-73(80)67-91-97(85,86)93-71-74(69-89-76(81)63-59-55-51-47-43-39-32-28-24-20-16-12-8-4)95-78(83)65-61-57-53-49-45-41-37-34-30-26-22-18-14-10-6-2/h25-38,73-75,80H,5-24,39-72H2,1-4H3,(H,85,86)(H,87,88)/b29-25-,30-26-,31-27-,32-28-,36-33-,37-34-,38-35-/t73-,74+,75+/m0/s1. The summed E-state index contributed by atoms with van der Waals surface area (Å²) < 4.78 is 68.5. The minimum absolute atomic E-state index is 0.0747. The predicted molar refractivity (Wildman–Crippen MR) is 399 cm³/mol. The van der Waals surface area contributed by atoms with Gasteiger partial charge in [-0.25, -0.2) is 9.13 Å². The second kappa shape index (κ2) is 71.6. The highest BCUT2D eigenvalue weighted by atomic mass is 31.2. The van der Waals surface area contributed by atoms with Crippen molar-refractivity contribution >= 4 is 39.5 Å². The van der Waals surface area contributed by atoms with Gasteiger partial charge in [0.15, 0.2) is 12.2 Å². The SMILES string of the molecule is CCCCCC/C=C\C=C/CCCCCCCC(=O)OC[C@H](COP(=O)(O)OC[C@@H](O)COP(=O)(O)OC[C@@H](COC(=O)CCCCCCC/C=C\CCCCCC)OC(=O)CCCCCCC/C=C\C=C/CCCCCC)OC(=O)CCCCCCC/C=C\C=C/CCCCCC. The van der Waals surface area contributed by atoms with Crippen molar-refractivity contribution in [1.82, 2.24) is 0 Å². The number of aliphatic hydroxyl groups excluding tert-OH is 1. The third-order valence-corrected chi connectivity index (χ3v) is 18.3. The van der Waals surface area contributed by atoms with Crippen molar-refractivity contribution in [1.29, 1.82) is 0 Å². The number of hydrogen-bond donors (Lipinski definition) is 3. The summed E-state index contributed by atoms with van der Waals surface area (Å²) in [5.41, 5.74) is 0. The van der Waals surface area contributed by atoms with E-state index < -0.39 is 97.5 Å². The quantitative estimate of drug-likeness (QED) is 0.0128. The van der Waals surface area contributed by atoms with E-state index in [-0.39, 0.29) is 25.7 Å². The summed E-state index contributed by atoms with van der Waals surface area (Å²) >= 11 is 0. The average Bonchev–Trinajstić information content (AvgIpc) is 1.04. The van der Waals surface area contributed by atoms with Crippen molar-refractivity contribution in [3.05, 3.63) is 85.1 Å². The number of phosphoric acid groups is 2. The molecule has 0 aromatic rings. The van der Waals surface area contributed by atoms with Gasteiger partial charge in [-0.1, -0.05) is 267 Å². The van der Waals surface area contributed by atoms with Crippen molar-refractivity contribution in [2.45, 2.75) is 354 Å². The Kier molecular flexibility index (Phi) is 68.9. The summed E-state index contributed by atoms with van der Waals surface area (Å²) in [6.07, 6.45) is 72.7. The largest absolute Gasteiger partial charge is 0.472 e. The van der Waals surface area contributed by atoms with Crippen LogP contribution in [0, 0.1) is 0 Å². The zero-order valence-electron chi connectivity index (χ0n) is 62.0. The highest BCUT2D eigenvalue weighted by Crippen LogP contribution is 2.45. The Morgan fingerprint density at radius 1 is 0.286 bits per heavy atom. The highest BCUT2D eigenvalue weighted by Gasteiger charge is 2.30. The summed E-state index contributed by atoms with van der Waals surface area (Å²) in [6, 6.07) is 0. The van der Waals surface area contributed by atoms with Gasteiger partial charge in [-0.3, -0.25) is 37.3 Å². The van der Waals surface area contributed by atoms with Crippen LogP contribution in [0.4, 0.5) is 0 Å². The molecule has 0 bridgehead atoms. The maximum atomic E-state index is 13.1. The Labute approximate surface area is 595 Å². The van der Waals surface area contributed by atoms with Gasteiger partial charge in [-0.15, -0.1) is 0 Å². The first-order valence-corrected chi connectivity index (χ1v) is 41.9. The lowest BCUT2D eigenvalue weighted by atomic mass is 10.1. The lowest BCUT2D eigenvalue weighted by Gasteiger charge is -2.21. The molecule has 0 aliphatic rings. The molecule has 0 aliphatic heterocycles. The van der Waals surface area contributed by atoms with Gasteiger partial charge in [0.1, 0.15) is 19.3 Å². The van der Waals surface area contributed by atoms with Crippen LogP contribution in [0.1, 0.15) is 336 Å². The van der Waals surface area contributed by atoms with E-state index >= 15 is 0 Å². The number of phosphoric ester groups is 2. The first kappa shape index (κ1) is 94.2. The van der Waals surface area contributed by atoms with Gasteiger partial charge in [0, 0.05) is 25.7 Å². The molecule has 568 valence electrons. The van der Waals surface area contributed by atoms with Gasteiger partial charge in [-0.05, 0) is 128 Å². The normalized spacial score (nSPS) is 14.4. The van der Waals surface area contributed by atoms with Gasteiger partial charge < -0.3 is 33.8 Å². The number of hydrogen-bond acceptors (Lipinski definition) is 15. The Morgan fingerprint density at radius 3 is 0.765 bits per heavy atom. The van der Waals surface area contributed by atoms with Crippen LogP contribution in [0.5, 0.6) is 0 Å². The molecular formula is C79H140O17P2. The van der Waals surface area contributed by atoms with E-state index in [2.05, 4.69) is 113 Å². The number of ether oxygens (including phenoxy) is 4. The molecule has 3 N–H and O–H groups in total. The fraction of sp³-hybridized carbons (Fsp3) is 0.772. The third kappa shape index (κ3) is 70.7. The molecule has 17 nitrogen and oxygen atoms in total. The van der Waals surface area contributed by atoms with Crippen LogP contribution < -0.4 is 0 Å². The van der Waals surface area contributed by atoms with Crippen LogP contribution in [-0.2, 0) is 65.4 Å². The van der Waals surface area contributed by atoms with Gasteiger partial charge in [-0.2, -0.15) is 0 Å². The molecule has 0 aromatic heterocycles. The predicted octanol–water partition coefficient (Wildman–Crippen LogP) is 22.2. The van der Waals surface area contributed by atoms with Crippen LogP contribution in [0.15, 0.2) is 85.1 Å². The molecule has 0 rings (SSSR count). The Morgan fingerprint density at radius 2 is 0.500 bits per heavy atom. The number of allylic oxidation sites excluding steroid dienone is 14. The van der Waals surface area contributed by atoms with Crippen LogP contribution in [0.25, 0.3) is 0 Å². The number of carbonyl (C=O) groups is 4. The molecule has 0 spiro atoms. The van der Waals surface area contributed by atoms with Crippen molar-refractivity contribution in [2.24, 2.45) is 0 Å². The maximum Gasteiger partial charge on any atom is 0.472 e. The van der Waals surface area contributed by atoms with Crippen molar-refractivity contribution in [3.63, 3.8) is 0 Å². The molecule has 5 atom stereocenters. The summed E-state index contributed by atoms with van der Waals surface area (Å²) in [6.45, 7) is 4.77. The Bertz CT molecular complexity index is 2190. The number of esters is 4. The minimum Gasteiger partial charge on any atom is -0.462 e. The van der Waals surface area contributed by atoms with E-state index in [1.165, 1.54) is 103 Å². The van der Waals surface area contributed by atoms with Crippen molar-refractivity contribution < 1.29 is 80.2 Å². The van der Waals surface area contributed by atoms with E-state index in [0.29, 0.717) is 25.7 Å². The van der Waals surface area contributed by atoms with Crippen LogP contribution >= 0.6 is 15.6 Å². The third-order valence-electron chi connectivity index (χ3n) is 16.4. The molecule has 0 amide bonds. The van der Waals surface area contributed by atoms with Gasteiger partial charge in [0.2, 0.25) is 0 Å². The fourth-order valence-electron chi connectivity index (χ4n) is 10.4. The lowest BCUT2D eigenvalue weighted by molar-refractivity contribution is -0.161. The molecule has 19 heteroatoms. The number of unbranched alkanes of at least 4 members (excludes halogenated alkanes) is 36. The van der Waals surface area contributed by atoms with Crippen molar-refractivity contribution in [3.8, 4) is 0 Å². The average molecular weight is 1420 g/mol. The van der Waals surface area contributed by atoms with Gasteiger partial charge >= 0.3 is 39.5 Å². The fourth-order valence-corrected chi connectivity index (χ4v) is 11.9. The van der Waals surface area contributed by atoms with Crippen molar-refractivity contribution in [2.75, 3.05) is 39.6 Å². The Balaban J connectivity index is 5.39. The second-order valence-corrected chi connectivity index (χ2v) is 28.9. The smallest absolute Gasteiger partial charge is 0.462 e. The first-order valence-electron chi connectivity index (χ1n) is 38.9. The molecule has 0 aromatic carbocycles. The summed E-state index contributed by atoms with van der Waals surface area (Å²) in [5, 5.41) is 10.6. The molecule has 0 fully saturated rings. The zero-order valence-corrected chi connectivity index (χ0v) is 63.7. The summed E-state index contributed by atoms with van der Waals surface area (Å²) in [5.74, 6) is -2.22. The number of aliphatic hydroxyl groups is 1. The van der Waals surface area contributed by atoms with Gasteiger partial charge in [0.25, 0.3) is 0 Å². The first-order chi connectivity index (χ1) is 47.7. The molecule has 98 heavy (non-hydrogen) atoms. The molecule has 0 aliphatic carbocycles. The zero-order chi connectivity index (χ0) is 71.8. The topological polar surface area (TPSA) is 237 Å². The molecule has 2 unspecified atom stereocenters. The monoisotopic (exact) mass is 1420 g/mol.